The summed E-state index contributed by atoms with van der Waals surface area (Å²) in [6.45, 7) is 10.8. The first-order chi connectivity index (χ1) is 19.3. The van der Waals surface area contributed by atoms with Gasteiger partial charge in [0.15, 0.2) is 17.1 Å². The lowest BCUT2D eigenvalue weighted by molar-refractivity contribution is -0.153. The standard InChI is InChI=1S/C27H33FN6O7/c1-13-12-34-18-15(11-27(20(34)14(2)39-13)22(35)29-24(37)30-23(27)36)10-16-19(17(18)28)41-31-21(16)32-6-8-33(9-7-32)25(38)40-26(3,4)5/h10,13-14,20H,6-9,11-12H2,1-5H3,(H2,29,30,35,36,37)/t13-,14+,20-/m1/s1. The zero-order valence-electron chi connectivity index (χ0n) is 23.6. The summed E-state index contributed by atoms with van der Waals surface area (Å²) in [7, 11) is 0. The maximum Gasteiger partial charge on any atom is 0.410 e. The average Bonchev–Trinajstić information content (AvgIpc) is 3.30. The Balaban J connectivity index is 1.38. The predicted octanol–water partition coefficient (Wildman–Crippen LogP) is 1.91. The Morgan fingerprint density at radius 2 is 1.78 bits per heavy atom. The Kier molecular flexibility index (Phi) is 6.17. The minimum atomic E-state index is -1.73. The molecule has 14 heteroatoms. The molecular weight excluding hydrogens is 539 g/mol. The lowest BCUT2D eigenvalue weighted by Gasteiger charge is -2.55. The van der Waals surface area contributed by atoms with Crippen molar-refractivity contribution in [1.29, 1.82) is 0 Å². The summed E-state index contributed by atoms with van der Waals surface area (Å²) in [5.41, 5.74) is -1.73. The largest absolute Gasteiger partial charge is 0.444 e. The number of imide groups is 2. The second-order valence-corrected chi connectivity index (χ2v) is 12.2. The summed E-state index contributed by atoms with van der Waals surface area (Å²) >= 11 is 0. The second kappa shape index (κ2) is 9.29. The number of hydrogen-bond donors (Lipinski definition) is 2. The van der Waals surface area contributed by atoms with Crippen molar-refractivity contribution in [3.63, 3.8) is 0 Å². The number of hydrogen-bond acceptors (Lipinski definition) is 10. The number of morpholine rings is 1. The van der Waals surface area contributed by atoms with Crippen LogP contribution in [0.5, 0.6) is 0 Å². The number of amides is 5. The van der Waals surface area contributed by atoms with Crippen molar-refractivity contribution in [1.82, 2.24) is 20.7 Å². The fourth-order valence-corrected chi connectivity index (χ4v) is 6.59. The van der Waals surface area contributed by atoms with Gasteiger partial charge in [-0.3, -0.25) is 20.2 Å². The van der Waals surface area contributed by atoms with Gasteiger partial charge in [0.25, 0.3) is 0 Å². The number of rotatable bonds is 1. The molecule has 0 saturated carbocycles. The van der Waals surface area contributed by atoms with E-state index in [0.717, 1.165) is 0 Å². The minimum Gasteiger partial charge on any atom is -0.444 e. The number of benzene rings is 1. The molecule has 5 heterocycles. The van der Waals surface area contributed by atoms with Crippen LogP contribution in [0.4, 0.5) is 25.5 Å². The van der Waals surface area contributed by atoms with Crippen molar-refractivity contribution >= 4 is 46.4 Å². The van der Waals surface area contributed by atoms with Crippen LogP contribution in [-0.2, 0) is 25.5 Å². The Bertz CT molecular complexity index is 1440. The first kappa shape index (κ1) is 27.2. The Hall–Kier alpha value is -3.94. The molecule has 220 valence electrons. The van der Waals surface area contributed by atoms with Gasteiger partial charge in [-0.2, -0.15) is 0 Å². The number of nitrogens with one attached hydrogen (secondary N) is 2. The molecule has 41 heavy (non-hydrogen) atoms. The number of carbonyl (C=O) groups is 4. The molecule has 6 rings (SSSR count). The van der Waals surface area contributed by atoms with Crippen molar-refractivity contribution in [2.75, 3.05) is 42.5 Å². The maximum atomic E-state index is 16.3. The zero-order valence-corrected chi connectivity index (χ0v) is 23.6. The number of ether oxygens (including phenoxy) is 2. The summed E-state index contributed by atoms with van der Waals surface area (Å²) in [6, 6.07) is -0.0525. The van der Waals surface area contributed by atoms with E-state index >= 15 is 4.39 Å². The van der Waals surface area contributed by atoms with Crippen molar-refractivity contribution < 1.29 is 37.6 Å². The van der Waals surface area contributed by atoms with Gasteiger partial charge in [-0.25, -0.2) is 14.0 Å². The summed E-state index contributed by atoms with van der Waals surface area (Å²) in [5.74, 6) is -1.74. The van der Waals surface area contributed by atoms with Gasteiger partial charge in [0.05, 0.1) is 29.3 Å². The van der Waals surface area contributed by atoms with E-state index in [0.29, 0.717) is 42.9 Å². The molecule has 4 aliphatic rings. The molecule has 0 bridgehead atoms. The smallest absolute Gasteiger partial charge is 0.410 e. The zero-order chi connectivity index (χ0) is 29.4. The molecule has 1 aromatic heterocycles. The van der Waals surface area contributed by atoms with E-state index < -0.39 is 52.9 Å². The molecule has 3 saturated heterocycles. The first-order valence-corrected chi connectivity index (χ1v) is 13.7. The van der Waals surface area contributed by atoms with Gasteiger partial charge in [-0.15, -0.1) is 0 Å². The third kappa shape index (κ3) is 4.26. The molecule has 1 aromatic carbocycles. The van der Waals surface area contributed by atoms with Crippen LogP contribution < -0.4 is 20.4 Å². The van der Waals surface area contributed by atoms with Crippen molar-refractivity contribution in [2.45, 2.75) is 64.9 Å². The van der Waals surface area contributed by atoms with E-state index in [2.05, 4.69) is 15.8 Å². The second-order valence-electron chi connectivity index (χ2n) is 12.2. The molecule has 2 N–H and O–H groups in total. The van der Waals surface area contributed by atoms with E-state index in [1.54, 1.807) is 43.6 Å². The fourth-order valence-electron chi connectivity index (χ4n) is 6.59. The van der Waals surface area contributed by atoms with Crippen LogP contribution in [0.25, 0.3) is 11.0 Å². The summed E-state index contributed by atoms with van der Waals surface area (Å²) in [5, 5.41) is 9.05. The van der Waals surface area contributed by atoms with E-state index in [-0.39, 0.29) is 30.3 Å². The van der Waals surface area contributed by atoms with Crippen molar-refractivity contribution in [2.24, 2.45) is 5.41 Å². The lowest BCUT2D eigenvalue weighted by Crippen LogP contribution is -2.75. The molecule has 0 radical (unpaired) electrons. The summed E-state index contributed by atoms with van der Waals surface area (Å²) in [4.78, 5) is 56.5. The van der Waals surface area contributed by atoms with Crippen LogP contribution in [0.2, 0.25) is 0 Å². The highest BCUT2D eigenvalue weighted by Gasteiger charge is 2.63. The third-order valence-electron chi connectivity index (χ3n) is 8.18. The molecule has 13 nitrogen and oxygen atoms in total. The Morgan fingerprint density at radius 3 is 2.41 bits per heavy atom. The topological polar surface area (TPSA) is 147 Å². The van der Waals surface area contributed by atoms with Crippen molar-refractivity contribution in [3.05, 3.63) is 17.4 Å². The van der Waals surface area contributed by atoms with E-state index in [1.807, 2.05) is 11.8 Å². The number of urea groups is 1. The molecule has 3 atom stereocenters. The average molecular weight is 573 g/mol. The molecule has 3 fully saturated rings. The minimum absolute atomic E-state index is 0.0393. The van der Waals surface area contributed by atoms with Crippen molar-refractivity contribution in [3.8, 4) is 0 Å². The van der Waals surface area contributed by atoms with Gasteiger partial charge in [-0.1, -0.05) is 5.16 Å². The van der Waals surface area contributed by atoms with Crippen LogP contribution in [-0.4, -0.2) is 90.6 Å². The monoisotopic (exact) mass is 572 g/mol. The van der Waals surface area contributed by atoms with Gasteiger partial charge in [0.2, 0.25) is 17.4 Å². The molecule has 0 aliphatic carbocycles. The number of anilines is 2. The van der Waals surface area contributed by atoms with Gasteiger partial charge in [0.1, 0.15) is 5.60 Å². The molecule has 2 aromatic rings. The van der Waals surface area contributed by atoms with E-state index in [1.165, 1.54) is 0 Å². The van der Waals surface area contributed by atoms with Gasteiger partial charge in [-0.05, 0) is 46.2 Å². The first-order valence-electron chi connectivity index (χ1n) is 13.7. The molecule has 5 amide bonds. The number of fused-ring (bicyclic) bond motifs is 5. The molecule has 4 aliphatic heterocycles. The number of halogens is 1. The fraction of sp³-hybridized carbons (Fsp3) is 0.593. The Labute approximate surface area is 235 Å². The number of barbiturate groups is 1. The quantitative estimate of drug-likeness (QED) is 0.486. The van der Waals surface area contributed by atoms with Crippen LogP contribution in [0, 0.1) is 11.2 Å². The van der Waals surface area contributed by atoms with E-state index in [4.69, 9.17) is 14.0 Å². The van der Waals surface area contributed by atoms with E-state index in [9.17, 15) is 19.2 Å². The highest BCUT2D eigenvalue weighted by Crippen LogP contribution is 2.49. The lowest BCUT2D eigenvalue weighted by atomic mass is 9.66. The predicted molar refractivity (Wildman–Crippen MR) is 143 cm³/mol. The normalized spacial score (nSPS) is 26.0. The number of piperazine rings is 1. The Morgan fingerprint density at radius 1 is 1.12 bits per heavy atom. The van der Waals surface area contributed by atoms with Gasteiger partial charge >= 0.3 is 12.1 Å². The number of aromatic nitrogens is 1. The molecule has 0 unspecified atom stereocenters. The van der Waals surface area contributed by atoms with Crippen LogP contribution in [0.1, 0.15) is 40.2 Å². The third-order valence-corrected chi connectivity index (χ3v) is 8.18. The maximum absolute atomic E-state index is 16.3. The summed E-state index contributed by atoms with van der Waals surface area (Å²) in [6.07, 6.45) is -1.50. The highest BCUT2D eigenvalue weighted by molar-refractivity contribution is 6.20. The SMILES string of the molecule is C[C@@H]1CN2c3c(cc4c(N5CCN(C(=O)OC(C)(C)C)CC5)noc4c3F)CC3(C(=O)NC(=O)NC3=O)[C@H]2[C@H](C)O1. The van der Waals surface area contributed by atoms with Crippen LogP contribution >= 0.6 is 0 Å². The van der Waals surface area contributed by atoms with Crippen LogP contribution in [0.15, 0.2) is 10.6 Å². The number of carbonyl (C=O) groups excluding carboxylic acids is 4. The van der Waals surface area contributed by atoms with Crippen LogP contribution in [0.3, 0.4) is 0 Å². The molecular formula is C27H33FN6O7. The van der Waals surface area contributed by atoms with Gasteiger partial charge in [0, 0.05) is 39.1 Å². The highest BCUT2D eigenvalue weighted by atomic mass is 19.1. The number of nitrogens with zero attached hydrogens (tertiary/aromatic N) is 4. The summed E-state index contributed by atoms with van der Waals surface area (Å²) < 4.78 is 33.3. The molecule has 1 spiro atoms. The van der Waals surface area contributed by atoms with Gasteiger partial charge < -0.3 is 28.7 Å².